The Morgan fingerprint density at radius 1 is 1.09 bits per heavy atom. The summed E-state index contributed by atoms with van der Waals surface area (Å²) < 4.78 is 58.2. The van der Waals surface area contributed by atoms with Crippen LogP contribution in [0.4, 0.5) is 19.0 Å². The summed E-state index contributed by atoms with van der Waals surface area (Å²) in [6.07, 6.45) is 3.42. The molecule has 2 aromatic carbocycles. The van der Waals surface area contributed by atoms with E-state index >= 15 is 4.39 Å². The molecule has 0 spiro atoms. The van der Waals surface area contributed by atoms with Crippen molar-refractivity contribution in [3.63, 3.8) is 0 Å². The van der Waals surface area contributed by atoms with E-state index < -0.39 is 23.3 Å². The van der Waals surface area contributed by atoms with Crippen LogP contribution in [0.2, 0.25) is 0 Å². The van der Waals surface area contributed by atoms with Crippen LogP contribution >= 0.6 is 0 Å². The van der Waals surface area contributed by atoms with Gasteiger partial charge >= 0.3 is 6.01 Å². The SMILES string of the molecule is Fc1ccc2cccc(-c3nc4c5c(nc(OC[C@@]67CCCN6C[C@H](F)C7)nc5c3F)N3C[C@@H]5CC[C@@H](N5)C3CO4)c2c1. The van der Waals surface area contributed by atoms with Crippen molar-refractivity contribution in [2.45, 2.75) is 61.9 Å². The van der Waals surface area contributed by atoms with E-state index in [1.807, 2.05) is 6.07 Å². The molecule has 2 aromatic heterocycles. The van der Waals surface area contributed by atoms with Crippen LogP contribution in [0.25, 0.3) is 32.9 Å². The lowest BCUT2D eigenvalue weighted by Crippen LogP contribution is -2.60. The van der Waals surface area contributed by atoms with E-state index in [4.69, 9.17) is 19.4 Å². The quantitative estimate of drug-likeness (QED) is 0.365. The van der Waals surface area contributed by atoms with E-state index in [1.54, 1.807) is 18.2 Å². The Morgan fingerprint density at radius 3 is 2.95 bits per heavy atom. The number of halogens is 3. The Balaban J connectivity index is 1.22. The molecule has 43 heavy (non-hydrogen) atoms. The van der Waals surface area contributed by atoms with Gasteiger partial charge in [-0.25, -0.2) is 18.2 Å². The molecule has 1 N–H and O–H groups in total. The molecule has 4 aromatic rings. The summed E-state index contributed by atoms with van der Waals surface area (Å²) in [5, 5.41) is 5.41. The predicted molar refractivity (Wildman–Crippen MR) is 155 cm³/mol. The van der Waals surface area contributed by atoms with Gasteiger partial charge < -0.3 is 19.7 Å². The molecule has 0 aliphatic carbocycles. The zero-order chi connectivity index (χ0) is 28.9. The van der Waals surface area contributed by atoms with Gasteiger partial charge in [0.1, 0.15) is 47.6 Å². The van der Waals surface area contributed by atoms with Crippen molar-refractivity contribution < 1.29 is 22.6 Å². The molecule has 0 radical (unpaired) electrons. The number of ether oxygens (including phenoxy) is 2. The Hall–Kier alpha value is -3.70. The molecule has 9 rings (SSSR count). The van der Waals surface area contributed by atoms with Crippen molar-refractivity contribution in [3.8, 4) is 23.1 Å². The van der Waals surface area contributed by atoms with Crippen LogP contribution in [0.5, 0.6) is 11.9 Å². The van der Waals surface area contributed by atoms with Crippen LogP contribution in [0.3, 0.4) is 0 Å². The first kappa shape index (κ1) is 25.8. The maximum Gasteiger partial charge on any atom is 0.319 e. The minimum atomic E-state index is -0.889. The van der Waals surface area contributed by atoms with Gasteiger partial charge in [-0.15, -0.1) is 0 Å². The Kier molecular flexibility index (Phi) is 5.63. The van der Waals surface area contributed by atoms with Gasteiger partial charge in [0.2, 0.25) is 5.88 Å². The van der Waals surface area contributed by atoms with Gasteiger partial charge in [0.05, 0.1) is 11.6 Å². The molecule has 5 aliphatic rings. The third kappa shape index (κ3) is 3.93. The number of aromatic nitrogens is 3. The van der Waals surface area contributed by atoms with Gasteiger partial charge in [-0.3, -0.25) is 4.90 Å². The molecule has 4 saturated heterocycles. The van der Waals surface area contributed by atoms with Crippen molar-refractivity contribution in [2.24, 2.45) is 0 Å². The highest BCUT2D eigenvalue weighted by Gasteiger charge is 2.50. The molecule has 1 unspecified atom stereocenters. The van der Waals surface area contributed by atoms with Gasteiger partial charge in [0.15, 0.2) is 5.82 Å². The highest BCUT2D eigenvalue weighted by Crippen LogP contribution is 2.44. The third-order valence-electron chi connectivity index (χ3n) is 10.3. The van der Waals surface area contributed by atoms with E-state index in [9.17, 15) is 8.78 Å². The average Bonchev–Trinajstić information content (AvgIpc) is 3.64. The summed E-state index contributed by atoms with van der Waals surface area (Å²) >= 11 is 0. The average molecular weight is 589 g/mol. The number of nitrogens with zero attached hydrogens (tertiary/aromatic N) is 5. The number of alkyl halides is 1. The normalized spacial score (nSPS) is 29.5. The van der Waals surface area contributed by atoms with Crippen molar-refractivity contribution in [1.82, 2.24) is 25.2 Å². The second-order valence-electron chi connectivity index (χ2n) is 12.7. The molecule has 0 amide bonds. The van der Waals surface area contributed by atoms with Gasteiger partial charge in [-0.1, -0.05) is 24.3 Å². The second kappa shape index (κ2) is 9.40. The van der Waals surface area contributed by atoms with Gasteiger partial charge in [-0.05, 0) is 55.1 Å². The largest absolute Gasteiger partial charge is 0.475 e. The van der Waals surface area contributed by atoms with Crippen molar-refractivity contribution in [1.29, 1.82) is 0 Å². The predicted octanol–water partition coefficient (Wildman–Crippen LogP) is 4.78. The van der Waals surface area contributed by atoms with E-state index in [2.05, 4.69) is 20.1 Å². The summed E-state index contributed by atoms with van der Waals surface area (Å²) in [7, 11) is 0. The van der Waals surface area contributed by atoms with E-state index in [0.29, 0.717) is 54.3 Å². The molecule has 7 heterocycles. The number of fused-ring (bicyclic) bond motifs is 7. The molecule has 222 valence electrons. The molecule has 5 aliphatic heterocycles. The van der Waals surface area contributed by atoms with E-state index in [-0.39, 0.29) is 41.8 Å². The van der Waals surface area contributed by atoms with E-state index in [0.717, 1.165) is 37.6 Å². The molecule has 5 atom stereocenters. The summed E-state index contributed by atoms with van der Waals surface area (Å²) in [5.41, 5.74) is 0.133. The molecule has 4 fully saturated rings. The number of piperazine rings is 1. The number of hydrogen-bond donors (Lipinski definition) is 1. The highest BCUT2D eigenvalue weighted by molar-refractivity contribution is 6.01. The second-order valence-corrected chi connectivity index (χ2v) is 12.7. The number of anilines is 1. The van der Waals surface area contributed by atoms with Crippen LogP contribution < -0.4 is 19.7 Å². The van der Waals surface area contributed by atoms with Crippen LogP contribution in [0, 0.1) is 11.6 Å². The minimum absolute atomic E-state index is 0.0249. The topological polar surface area (TPSA) is 75.6 Å². The zero-order valence-corrected chi connectivity index (χ0v) is 23.5. The fourth-order valence-electron chi connectivity index (χ4n) is 8.26. The Bertz CT molecular complexity index is 1790. The lowest BCUT2D eigenvalue weighted by molar-refractivity contribution is 0.107. The van der Waals surface area contributed by atoms with Crippen molar-refractivity contribution in [3.05, 3.63) is 48.0 Å². The fourth-order valence-corrected chi connectivity index (χ4v) is 8.26. The highest BCUT2D eigenvalue weighted by atomic mass is 19.1. The van der Waals surface area contributed by atoms with Crippen molar-refractivity contribution in [2.75, 3.05) is 37.7 Å². The van der Waals surface area contributed by atoms with Gasteiger partial charge in [0.25, 0.3) is 0 Å². The maximum absolute atomic E-state index is 16.8. The zero-order valence-electron chi connectivity index (χ0n) is 23.5. The standard InChI is InChI=1S/C32H31F3N6O2/c33-18-6-5-17-3-1-4-21(22(17)11-18)27-26(35)28-25-29(41-14-20-7-8-23(36-20)24(41)15-42-30(25)37-27)39-31(38-28)43-16-32-9-2-10-40(32)13-19(34)12-32/h1,3-6,11,19-20,23-24,36H,2,7-10,12-16H2/t19-,20+,23-,24?,32+/m1/s1. The van der Waals surface area contributed by atoms with Crippen LogP contribution in [-0.4, -0.2) is 82.5 Å². The van der Waals surface area contributed by atoms with Crippen LogP contribution in [0.15, 0.2) is 36.4 Å². The van der Waals surface area contributed by atoms with Gasteiger partial charge in [-0.2, -0.15) is 9.97 Å². The number of pyridine rings is 1. The first-order valence-corrected chi connectivity index (χ1v) is 15.2. The monoisotopic (exact) mass is 588 g/mol. The summed E-state index contributed by atoms with van der Waals surface area (Å²) in [4.78, 5) is 18.6. The number of rotatable bonds is 4. The molecule has 11 heteroatoms. The van der Waals surface area contributed by atoms with E-state index in [1.165, 1.54) is 12.1 Å². The smallest absolute Gasteiger partial charge is 0.319 e. The summed E-state index contributed by atoms with van der Waals surface area (Å²) in [6, 6.07) is 10.4. The number of hydrogen-bond acceptors (Lipinski definition) is 8. The molecule has 8 nitrogen and oxygen atoms in total. The number of nitrogens with one attached hydrogen (secondary N) is 1. The van der Waals surface area contributed by atoms with Crippen LogP contribution in [-0.2, 0) is 0 Å². The van der Waals surface area contributed by atoms with Crippen LogP contribution in [0.1, 0.15) is 32.1 Å². The molecular formula is C32H31F3N6O2. The first-order valence-electron chi connectivity index (χ1n) is 15.2. The Morgan fingerprint density at radius 2 is 2.02 bits per heavy atom. The molecular weight excluding hydrogens is 557 g/mol. The minimum Gasteiger partial charge on any atom is -0.475 e. The third-order valence-corrected chi connectivity index (χ3v) is 10.3. The van der Waals surface area contributed by atoms with Crippen molar-refractivity contribution >= 4 is 27.5 Å². The first-order chi connectivity index (χ1) is 21.0. The summed E-state index contributed by atoms with van der Waals surface area (Å²) in [6.45, 7) is 2.54. The molecule has 0 saturated carbocycles. The maximum atomic E-state index is 16.8. The molecule has 2 bridgehead atoms. The van der Waals surface area contributed by atoms with Gasteiger partial charge in [0, 0.05) is 37.2 Å². The fraction of sp³-hybridized carbons (Fsp3) is 0.469. The Labute approximate surface area is 246 Å². The summed E-state index contributed by atoms with van der Waals surface area (Å²) in [5.74, 6) is -0.260. The lowest BCUT2D eigenvalue weighted by atomic mass is 9.95. The number of benzene rings is 2. The lowest BCUT2D eigenvalue weighted by Gasteiger charge is -2.40.